The molecule has 12 nitrogen and oxygen atoms in total. The predicted molar refractivity (Wildman–Crippen MR) is 248 cm³/mol. The van der Waals surface area contributed by atoms with Crippen molar-refractivity contribution >= 4 is 34.6 Å². The number of piperidine rings is 1. The molecule has 347 valence electrons. The quantitative estimate of drug-likeness (QED) is 0.104. The van der Waals surface area contributed by atoms with Gasteiger partial charge in [0.2, 0.25) is 17.7 Å². The number of benzene rings is 2. The molecule has 5 unspecified atom stereocenters. The van der Waals surface area contributed by atoms with Gasteiger partial charge in [-0.2, -0.15) is 0 Å². The third-order valence-corrected chi connectivity index (χ3v) is 13.5. The monoisotopic (exact) mass is 1060 g/mol. The number of esters is 1. The fourth-order valence-corrected chi connectivity index (χ4v) is 10.2. The number of pyridine rings is 1. The number of aryl methyl sites for hydroxylation is 1. The van der Waals surface area contributed by atoms with E-state index in [0.29, 0.717) is 51.9 Å². The van der Waals surface area contributed by atoms with Crippen LogP contribution in [0.3, 0.4) is 0 Å². The van der Waals surface area contributed by atoms with E-state index in [9.17, 15) is 19.2 Å². The largest absolute Gasteiger partial charge is 0.692 e. The molecule has 4 aromatic rings. The number of fused-ring (bicyclic) bond motifs is 6. The van der Waals surface area contributed by atoms with E-state index < -0.39 is 29.3 Å². The number of amides is 3. The maximum Gasteiger partial charge on any atom is 0.310 e. The molecule has 5 heterocycles. The number of cyclic esters (lactones) is 1. The third-order valence-electron chi connectivity index (χ3n) is 13.5. The second kappa shape index (κ2) is 21.2. The molecular weight excluding hydrogens is 991 g/mol. The van der Waals surface area contributed by atoms with Gasteiger partial charge in [0.1, 0.15) is 12.1 Å². The van der Waals surface area contributed by atoms with Crippen molar-refractivity contribution in [1.29, 1.82) is 0 Å². The SMILES string of the molecule is [C-]#CCN1CCC(C(=O)N(C)C(C(=O)NC2Cc3cccc(c3)-c3ccc4c(c3)c(c(-c3cccnc3C(C)OC)n4CC)CC(C)(C)COC(=O)C3CCCN(C3)C2=O)C(C)C)C1.[Re]. The molecule has 3 aliphatic rings. The minimum Gasteiger partial charge on any atom is -0.692 e. The molecule has 1 N–H and O–H groups in total. The van der Waals surface area contributed by atoms with Crippen LogP contribution in [0.15, 0.2) is 60.8 Å². The smallest absolute Gasteiger partial charge is 0.310 e. The molecule has 5 atom stereocenters. The summed E-state index contributed by atoms with van der Waals surface area (Å²) in [5.74, 6) is 0.254. The molecule has 3 amide bonds. The van der Waals surface area contributed by atoms with Crippen LogP contribution in [0.5, 0.6) is 0 Å². The summed E-state index contributed by atoms with van der Waals surface area (Å²) in [4.78, 5) is 67.1. The molecule has 13 heteroatoms. The van der Waals surface area contributed by atoms with Crippen LogP contribution in [-0.2, 0) is 68.5 Å². The van der Waals surface area contributed by atoms with Crippen LogP contribution in [0, 0.1) is 35.5 Å². The van der Waals surface area contributed by atoms with Gasteiger partial charge in [-0.1, -0.05) is 58.0 Å². The van der Waals surface area contributed by atoms with Crippen molar-refractivity contribution in [3.8, 4) is 28.3 Å². The average molecular weight is 1060 g/mol. The number of hydrogen-bond acceptors (Lipinski definition) is 8. The summed E-state index contributed by atoms with van der Waals surface area (Å²) in [5, 5.41) is 4.22. The first kappa shape index (κ1) is 49.6. The second-order valence-electron chi connectivity index (χ2n) is 19.2. The maximum absolute atomic E-state index is 14.7. The van der Waals surface area contributed by atoms with Gasteiger partial charge in [0.05, 0.1) is 35.9 Å². The van der Waals surface area contributed by atoms with E-state index in [0.717, 1.165) is 56.7 Å². The number of aromatic nitrogens is 2. The van der Waals surface area contributed by atoms with Crippen molar-refractivity contribution in [3.05, 3.63) is 84.0 Å². The Morgan fingerprint density at radius 3 is 2.54 bits per heavy atom. The molecule has 7 rings (SSSR count). The van der Waals surface area contributed by atoms with Crippen LogP contribution < -0.4 is 5.32 Å². The molecule has 6 bridgehead atoms. The fraction of sp³-hybridized carbons (Fsp3) is 0.519. The summed E-state index contributed by atoms with van der Waals surface area (Å²) in [6.07, 6.45) is 11.6. The van der Waals surface area contributed by atoms with Crippen molar-refractivity contribution in [1.82, 2.24) is 29.6 Å². The van der Waals surface area contributed by atoms with Crippen molar-refractivity contribution < 1.29 is 49.1 Å². The number of likely N-dealkylation sites (tertiary alicyclic amines) is 1. The van der Waals surface area contributed by atoms with E-state index >= 15 is 0 Å². The molecule has 2 fully saturated rings. The minimum atomic E-state index is -0.955. The fourth-order valence-electron chi connectivity index (χ4n) is 10.2. The summed E-state index contributed by atoms with van der Waals surface area (Å²) in [6, 6.07) is 17.0. The summed E-state index contributed by atoms with van der Waals surface area (Å²) in [7, 11) is 3.37. The third kappa shape index (κ3) is 10.7. The Morgan fingerprint density at radius 1 is 1.05 bits per heavy atom. The summed E-state index contributed by atoms with van der Waals surface area (Å²) in [6.45, 7) is 15.4. The van der Waals surface area contributed by atoms with E-state index in [1.54, 1.807) is 25.3 Å². The predicted octanol–water partition coefficient (Wildman–Crippen LogP) is 6.88. The number of methoxy groups -OCH3 is 1. The first-order chi connectivity index (χ1) is 30.6. The van der Waals surface area contributed by atoms with Crippen LogP contribution in [-0.4, -0.2) is 114 Å². The van der Waals surface area contributed by atoms with Gasteiger partial charge in [-0.05, 0) is 98.5 Å². The molecule has 2 aromatic carbocycles. The van der Waals surface area contributed by atoms with Crippen molar-refractivity contribution in [2.24, 2.45) is 23.2 Å². The first-order valence-electron chi connectivity index (χ1n) is 23.0. The molecule has 0 spiro atoms. The zero-order valence-corrected chi connectivity index (χ0v) is 42.0. The number of nitrogens with zero attached hydrogens (tertiary/aromatic N) is 5. The first-order valence-corrected chi connectivity index (χ1v) is 23.0. The van der Waals surface area contributed by atoms with E-state index in [1.165, 1.54) is 4.90 Å². The normalized spacial score (nSPS) is 21.2. The van der Waals surface area contributed by atoms with Gasteiger partial charge in [0.25, 0.3) is 0 Å². The van der Waals surface area contributed by atoms with Crippen LogP contribution in [0.25, 0.3) is 33.3 Å². The summed E-state index contributed by atoms with van der Waals surface area (Å²) in [5.41, 5.74) is 7.54. The molecule has 2 aromatic heterocycles. The van der Waals surface area contributed by atoms with Gasteiger partial charge in [-0.25, -0.2) is 0 Å². The number of carbonyl (C=O) groups excluding carboxylic acids is 4. The van der Waals surface area contributed by atoms with Gasteiger partial charge in [0.15, 0.2) is 0 Å². The number of nitrogens with one attached hydrogen (secondary N) is 1. The second-order valence-corrected chi connectivity index (χ2v) is 19.2. The number of likely N-dealkylation sites (N-methyl/N-ethyl adjacent to an activating group) is 1. The zero-order chi connectivity index (χ0) is 45.9. The van der Waals surface area contributed by atoms with E-state index in [2.05, 4.69) is 73.0 Å². The topological polar surface area (TPSA) is 126 Å². The summed E-state index contributed by atoms with van der Waals surface area (Å²) >= 11 is 0. The van der Waals surface area contributed by atoms with Gasteiger partial charge in [0, 0.05) is 102 Å². The van der Waals surface area contributed by atoms with Crippen LogP contribution in [0.2, 0.25) is 0 Å². The maximum atomic E-state index is 14.7. The summed E-state index contributed by atoms with van der Waals surface area (Å²) < 4.78 is 14.4. The molecule has 65 heavy (non-hydrogen) atoms. The van der Waals surface area contributed by atoms with Gasteiger partial charge >= 0.3 is 5.97 Å². The zero-order valence-electron chi connectivity index (χ0n) is 39.3. The van der Waals surface area contributed by atoms with Gasteiger partial charge in [-0.3, -0.25) is 29.1 Å². The van der Waals surface area contributed by atoms with E-state index in [4.69, 9.17) is 20.9 Å². The van der Waals surface area contributed by atoms with Crippen LogP contribution in [0.1, 0.15) is 83.7 Å². The molecular formula is C52H65N6O6Re-. The van der Waals surface area contributed by atoms with Crippen LogP contribution >= 0.6 is 0 Å². The number of ether oxygens (including phenoxy) is 2. The average Bonchev–Trinajstić information content (AvgIpc) is 3.88. The molecule has 3 aliphatic heterocycles. The van der Waals surface area contributed by atoms with E-state index in [1.807, 2.05) is 43.9 Å². The Bertz CT molecular complexity index is 2420. The minimum absolute atomic E-state index is 0. The van der Waals surface area contributed by atoms with Crippen molar-refractivity contribution in [2.75, 3.05) is 53.5 Å². The van der Waals surface area contributed by atoms with Crippen molar-refractivity contribution in [2.45, 2.75) is 98.4 Å². The van der Waals surface area contributed by atoms with Crippen LogP contribution in [0.4, 0.5) is 0 Å². The van der Waals surface area contributed by atoms with E-state index in [-0.39, 0.29) is 75.7 Å². The number of carbonyl (C=O) groups is 4. The Labute approximate surface area is 398 Å². The van der Waals surface area contributed by atoms with Gasteiger partial charge < -0.3 is 41.5 Å². The standard InChI is InChI=1S/C52H65N6O6.Re/c1-10-23-56-25-21-38(30-56)49(60)55(8)46(33(3)4)48(59)54-43-27-35-15-12-16-36(26-35)37-19-20-44-41(28-37)42(47(58(44)11-2)40-18-13-22-53-45(40)34(5)63-9)29-52(6,7)32-64-51(62)39-17-14-24-57(31-39)50(43)61;/h12-13,15-16,18-20,22,26,28,33-34,38-39,43,46H,11,14,17,21,23-25,27,29-32H2,2-9H3,(H,54,59);/q-1;. The van der Waals surface area contributed by atoms with Gasteiger partial charge in [-0.15, -0.1) is 0 Å². The molecule has 0 saturated carbocycles. The van der Waals surface area contributed by atoms with Crippen molar-refractivity contribution in [3.63, 3.8) is 0 Å². The Balaban J connectivity index is 0.00000700. The molecule has 1 radical (unpaired) electrons. The molecule has 2 saturated heterocycles. The number of rotatable bonds is 10. The number of hydrogen-bond donors (Lipinski definition) is 1. The molecule has 0 aliphatic carbocycles. The Kier molecular flexibility index (Phi) is 16.2. The Hall–Kier alpha value is -4.85. The Morgan fingerprint density at radius 2 is 1.82 bits per heavy atom.